The van der Waals surface area contributed by atoms with Gasteiger partial charge >= 0.3 is 6.09 Å². The average Bonchev–Trinajstić information content (AvgIpc) is 3.51. The van der Waals surface area contributed by atoms with E-state index in [4.69, 9.17) is 9.72 Å². The van der Waals surface area contributed by atoms with Crippen LogP contribution >= 0.6 is 0 Å². The van der Waals surface area contributed by atoms with Gasteiger partial charge in [-0.05, 0) is 58.1 Å². The number of hydrogen-bond acceptors (Lipinski definition) is 4. The van der Waals surface area contributed by atoms with Gasteiger partial charge in [-0.1, -0.05) is 19.1 Å². The molecule has 1 fully saturated rings. The number of fused-ring (bicyclic) bond motifs is 3. The molecule has 0 saturated heterocycles. The first-order valence-electron chi connectivity index (χ1n) is 11.7. The van der Waals surface area contributed by atoms with Crippen molar-refractivity contribution >= 4 is 22.8 Å². The summed E-state index contributed by atoms with van der Waals surface area (Å²) in [6.07, 6.45) is 6.58. The maximum absolute atomic E-state index is 12.9. The van der Waals surface area contributed by atoms with Gasteiger partial charge in [0.2, 0.25) is 0 Å². The molecule has 0 unspecified atom stereocenters. The zero-order valence-corrected chi connectivity index (χ0v) is 19.2. The summed E-state index contributed by atoms with van der Waals surface area (Å²) in [6, 6.07) is 7.27. The fourth-order valence-electron chi connectivity index (χ4n) is 4.84. The monoisotopic (exact) mass is 422 g/mol. The Hall–Kier alpha value is -2.34. The lowest BCUT2D eigenvalue weighted by molar-refractivity contribution is 0.0327. The number of ether oxygens (including phenoxy) is 1. The van der Waals surface area contributed by atoms with Gasteiger partial charge < -0.3 is 9.30 Å². The first kappa shape index (κ1) is 20.6. The largest absolute Gasteiger partial charge is 0.443 e. The molecule has 2 aromatic rings. The lowest BCUT2D eigenvalue weighted by Gasteiger charge is -2.33. The van der Waals surface area contributed by atoms with Crippen molar-refractivity contribution in [1.29, 1.82) is 0 Å². The second-order valence-electron chi connectivity index (χ2n) is 10.4. The van der Waals surface area contributed by atoms with E-state index in [0.29, 0.717) is 12.5 Å². The Morgan fingerprint density at radius 2 is 1.97 bits per heavy atom. The van der Waals surface area contributed by atoms with E-state index in [1.54, 1.807) is 4.90 Å². The normalized spacial score (nSPS) is 22.8. The van der Waals surface area contributed by atoms with Crippen molar-refractivity contribution in [3.63, 3.8) is 0 Å². The molecule has 5 rings (SSSR count). The number of imidazole rings is 1. The fourth-order valence-corrected chi connectivity index (χ4v) is 4.84. The van der Waals surface area contributed by atoms with Crippen LogP contribution in [0.25, 0.3) is 16.7 Å². The summed E-state index contributed by atoms with van der Waals surface area (Å²) in [5.74, 6) is 1.60. The molecule has 1 aliphatic carbocycles. The summed E-state index contributed by atoms with van der Waals surface area (Å²) in [7, 11) is 0. The van der Waals surface area contributed by atoms with Crippen molar-refractivity contribution in [1.82, 2.24) is 19.4 Å². The van der Waals surface area contributed by atoms with Crippen LogP contribution in [0.5, 0.6) is 0 Å². The van der Waals surface area contributed by atoms with Crippen LogP contribution in [0.4, 0.5) is 4.79 Å². The van der Waals surface area contributed by atoms with Gasteiger partial charge in [0.15, 0.2) is 0 Å². The standard InChI is InChI=1S/C25H34N4O2/c1-17-5-9-21(29(16-17)24(30)31-25(2,3)4)18-6-10-22-20(15-18)26-23-11-12-27(19-7-8-19)13-14-28(22)23/h6,9-10,15,17,19H,5,7-8,11-14,16H2,1-4H3/t17-/m0/s1. The first-order valence-corrected chi connectivity index (χ1v) is 11.7. The van der Waals surface area contributed by atoms with E-state index < -0.39 is 5.60 Å². The second kappa shape index (κ2) is 7.66. The third kappa shape index (κ3) is 4.22. The van der Waals surface area contributed by atoms with Gasteiger partial charge in [0.25, 0.3) is 0 Å². The van der Waals surface area contributed by atoms with E-state index in [0.717, 1.165) is 55.3 Å². The molecule has 2 aliphatic heterocycles. The van der Waals surface area contributed by atoms with Gasteiger partial charge in [0.1, 0.15) is 11.4 Å². The molecular formula is C25H34N4O2. The predicted octanol–water partition coefficient (Wildman–Crippen LogP) is 4.67. The van der Waals surface area contributed by atoms with Crippen LogP contribution in [0.15, 0.2) is 24.3 Å². The minimum atomic E-state index is -0.511. The number of amides is 1. The molecule has 31 heavy (non-hydrogen) atoms. The van der Waals surface area contributed by atoms with E-state index in [1.807, 2.05) is 20.8 Å². The number of allylic oxidation sites excluding steroid dienone is 1. The summed E-state index contributed by atoms with van der Waals surface area (Å²) in [4.78, 5) is 22.4. The van der Waals surface area contributed by atoms with E-state index in [-0.39, 0.29) is 6.09 Å². The van der Waals surface area contributed by atoms with Crippen LogP contribution in [0.1, 0.15) is 58.3 Å². The maximum atomic E-state index is 12.9. The highest BCUT2D eigenvalue weighted by Crippen LogP contribution is 2.32. The Kier molecular flexibility index (Phi) is 5.08. The number of nitrogens with zero attached hydrogens (tertiary/aromatic N) is 4. The Labute approximate surface area is 184 Å². The molecular weight excluding hydrogens is 388 g/mol. The molecule has 1 amide bonds. The number of rotatable bonds is 2. The minimum absolute atomic E-state index is 0.272. The third-order valence-corrected chi connectivity index (χ3v) is 6.53. The lowest BCUT2D eigenvalue weighted by atomic mass is 9.98. The second-order valence-corrected chi connectivity index (χ2v) is 10.4. The maximum Gasteiger partial charge on any atom is 0.414 e. The first-order chi connectivity index (χ1) is 14.8. The highest BCUT2D eigenvalue weighted by atomic mass is 16.6. The fraction of sp³-hybridized carbons (Fsp3) is 0.600. The predicted molar refractivity (Wildman–Crippen MR) is 123 cm³/mol. The van der Waals surface area contributed by atoms with E-state index >= 15 is 0 Å². The number of carbonyl (C=O) groups excluding carboxylic acids is 1. The van der Waals surface area contributed by atoms with Gasteiger partial charge in [-0.2, -0.15) is 0 Å². The molecule has 6 heteroatoms. The summed E-state index contributed by atoms with van der Waals surface area (Å²) < 4.78 is 8.09. The highest BCUT2D eigenvalue weighted by Gasteiger charge is 2.31. The van der Waals surface area contributed by atoms with Gasteiger partial charge in [-0.25, -0.2) is 9.78 Å². The number of benzene rings is 1. The third-order valence-electron chi connectivity index (χ3n) is 6.53. The summed E-state index contributed by atoms with van der Waals surface area (Å²) in [6.45, 7) is 11.8. The number of carbonyl (C=O) groups is 1. The molecule has 6 nitrogen and oxygen atoms in total. The molecule has 166 valence electrons. The summed E-state index contributed by atoms with van der Waals surface area (Å²) >= 11 is 0. The molecule has 1 atom stereocenters. The van der Waals surface area contributed by atoms with Crippen molar-refractivity contribution in [3.05, 3.63) is 35.7 Å². The van der Waals surface area contributed by atoms with Crippen LogP contribution in [0.2, 0.25) is 0 Å². The molecule has 3 heterocycles. The van der Waals surface area contributed by atoms with Crippen molar-refractivity contribution in [2.24, 2.45) is 5.92 Å². The highest BCUT2D eigenvalue weighted by molar-refractivity contribution is 5.87. The molecule has 0 N–H and O–H groups in total. The number of aromatic nitrogens is 2. The van der Waals surface area contributed by atoms with Crippen molar-refractivity contribution in [2.75, 3.05) is 19.6 Å². The van der Waals surface area contributed by atoms with Gasteiger partial charge in [-0.15, -0.1) is 0 Å². The quantitative estimate of drug-likeness (QED) is 0.705. The van der Waals surface area contributed by atoms with E-state index in [1.165, 1.54) is 24.2 Å². The zero-order valence-electron chi connectivity index (χ0n) is 19.2. The number of hydrogen-bond donors (Lipinski definition) is 0. The van der Waals surface area contributed by atoms with Gasteiger partial charge in [0.05, 0.1) is 16.7 Å². The zero-order chi connectivity index (χ0) is 21.8. The van der Waals surface area contributed by atoms with Crippen molar-refractivity contribution in [2.45, 2.75) is 71.6 Å². The van der Waals surface area contributed by atoms with Crippen LogP contribution in [0.3, 0.4) is 0 Å². The molecule has 0 spiro atoms. The topological polar surface area (TPSA) is 50.6 Å². The van der Waals surface area contributed by atoms with Crippen LogP contribution in [-0.4, -0.2) is 56.7 Å². The van der Waals surface area contributed by atoms with E-state index in [9.17, 15) is 4.79 Å². The molecule has 0 bridgehead atoms. The molecule has 1 aromatic carbocycles. The minimum Gasteiger partial charge on any atom is -0.443 e. The average molecular weight is 423 g/mol. The van der Waals surface area contributed by atoms with Gasteiger partial charge in [0, 0.05) is 44.2 Å². The smallest absolute Gasteiger partial charge is 0.414 e. The molecule has 3 aliphatic rings. The summed E-state index contributed by atoms with van der Waals surface area (Å²) in [5.41, 5.74) is 3.69. The Morgan fingerprint density at radius 3 is 2.71 bits per heavy atom. The Morgan fingerprint density at radius 1 is 1.16 bits per heavy atom. The van der Waals surface area contributed by atoms with Crippen molar-refractivity contribution < 1.29 is 9.53 Å². The molecule has 0 radical (unpaired) electrons. The SMILES string of the molecule is C[C@H]1CC=C(c2ccc3c(c2)nc2n3CCN(C3CC3)CC2)N(C(=O)OC(C)(C)C)C1. The van der Waals surface area contributed by atoms with Crippen LogP contribution in [0, 0.1) is 5.92 Å². The van der Waals surface area contributed by atoms with Crippen LogP contribution < -0.4 is 0 Å². The van der Waals surface area contributed by atoms with Crippen molar-refractivity contribution in [3.8, 4) is 0 Å². The van der Waals surface area contributed by atoms with E-state index in [2.05, 4.69) is 40.7 Å². The lowest BCUT2D eigenvalue weighted by Crippen LogP contribution is -2.39. The Balaban J connectivity index is 1.43. The summed E-state index contributed by atoms with van der Waals surface area (Å²) in [5, 5.41) is 0. The Bertz CT molecular complexity index is 1030. The van der Waals surface area contributed by atoms with Crippen LogP contribution in [-0.2, 0) is 17.7 Å². The molecule has 1 aromatic heterocycles. The molecule has 1 saturated carbocycles. The van der Waals surface area contributed by atoms with Gasteiger partial charge in [-0.3, -0.25) is 9.80 Å².